The van der Waals surface area contributed by atoms with Gasteiger partial charge in [-0.05, 0) is 32.0 Å². The van der Waals surface area contributed by atoms with Crippen LogP contribution < -0.4 is 10.9 Å². The van der Waals surface area contributed by atoms with Gasteiger partial charge in [0, 0.05) is 17.8 Å². The van der Waals surface area contributed by atoms with Crippen LogP contribution >= 0.6 is 12.4 Å². The Labute approximate surface area is 127 Å². The molecule has 8 heteroatoms. The van der Waals surface area contributed by atoms with Crippen LogP contribution in [0.25, 0.3) is 5.65 Å². The molecule has 2 aromatic rings. The fourth-order valence-corrected chi connectivity index (χ4v) is 2.71. The van der Waals surface area contributed by atoms with E-state index in [4.69, 9.17) is 0 Å². The second-order valence-electron chi connectivity index (χ2n) is 4.86. The van der Waals surface area contributed by atoms with Crippen LogP contribution in [0.15, 0.2) is 17.1 Å². The molecule has 0 atom stereocenters. The molecule has 1 aliphatic rings. The van der Waals surface area contributed by atoms with Crippen LogP contribution in [0.5, 0.6) is 0 Å². The predicted molar refractivity (Wildman–Crippen MR) is 79.2 cm³/mol. The van der Waals surface area contributed by atoms with E-state index in [2.05, 4.69) is 20.1 Å². The highest BCUT2D eigenvalue weighted by Gasteiger charge is 2.23. The van der Waals surface area contributed by atoms with Gasteiger partial charge in [0.15, 0.2) is 11.2 Å². The Morgan fingerprint density at radius 3 is 2.81 bits per heavy atom. The van der Waals surface area contributed by atoms with Crippen molar-refractivity contribution in [3.05, 3.63) is 33.9 Å². The number of esters is 1. The molecule has 1 aliphatic heterocycles. The molecule has 7 nitrogen and oxygen atoms in total. The number of ether oxygens (including phenoxy) is 1. The predicted octanol–water partition coefficient (Wildman–Crippen LogP) is 0.698. The van der Waals surface area contributed by atoms with Crippen molar-refractivity contribution in [2.45, 2.75) is 18.8 Å². The van der Waals surface area contributed by atoms with Crippen LogP contribution in [0.3, 0.4) is 0 Å². The smallest absolute Gasteiger partial charge is 0.347 e. The van der Waals surface area contributed by atoms with E-state index >= 15 is 0 Å². The minimum atomic E-state index is -0.663. The van der Waals surface area contributed by atoms with Crippen molar-refractivity contribution in [1.29, 1.82) is 0 Å². The Kier molecular flexibility index (Phi) is 4.64. The number of rotatable bonds is 2. The van der Waals surface area contributed by atoms with Crippen molar-refractivity contribution in [3.63, 3.8) is 0 Å². The lowest BCUT2D eigenvalue weighted by atomic mass is 9.94. The number of hydrogen-bond donors (Lipinski definition) is 2. The van der Waals surface area contributed by atoms with Crippen LogP contribution in [0.2, 0.25) is 0 Å². The summed E-state index contributed by atoms with van der Waals surface area (Å²) >= 11 is 0. The standard InChI is InChI=1S/C13H16N4O3.ClH/c1-20-13(19)10-11-15-7-4-9(17(11)16-12(10)18)8-2-5-14-6-3-8;/h4,7-8,14H,2-3,5-6H2,1H3,(H,16,18);1H. The van der Waals surface area contributed by atoms with E-state index in [-0.39, 0.29) is 18.0 Å². The number of hydrogen-bond acceptors (Lipinski definition) is 5. The van der Waals surface area contributed by atoms with Crippen LogP contribution in [0.4, 0.5) is 0 Å². The van der Waals surface area contributed by atoms with E-state index in [9.17, 15) is 9.59 Å². The van der Waals surface area contributed by atoms with Gasteiger partial charge in [-0.15, -0.1) is 12.4 Å². The SMILES string of the molecule is COC(=O)c1c(=O)[nH]n2c(C3CCNCC3)ccnc12.Cl. The number of piperidine rings is 1. The molecule has 0 aliphatic carbocycles. The molecule has 2 N–H and O–H groups in total. The van der Waals surface area contributed by atoms with Crippen LogP contribution in [0.1, 0.15) is 34.8 Å². The first-order chi connectivity index (χ1) is 9.72. The molecule has 2 aromatic heterocycles. The normalized spacial score (nSPS) is 15.7. The Morgan fingerprint density at radius 1 is 1.43 bits per heavy atom. The molecule has 1 fully saturated rings. The van der Waals surface area contributed by atoms with E-state index in [1.54, 1.807) is 10.7 Å². The number of nitrogens with zero attached hydrogens (tertiary/aromatic N) is 2. The van der Waals surface area contributed by atoms with E-state index in [1.807, 2.05) is 6.07 Å². The molecule has 114 valence electrons. The molecule has 0 amide bonds. The zero-order valence-electron chi connectivity index (χ0n) is 11.6. The molecular weight excluding hydrogens is 296 g/mol. The summed E-state index contributed by atoms with van der Waals surface area (Å²) in [7, 11) is 1.25. The first-order valence-electron chi connectivity index (χ1n) is 6.61. The third kappa shape index (κ3) is 2.66. The molecule has 3 rings (SSSR count). The van der Waals surface area contributed by atoms with Gasteiger partial charge in [0.05, 0.1) is 7.11 Å². The monoisotopic (exact) mass is 312 g/mol. The topological polar surface area (TPSA) is 88.5 Å². The zero-order valence-corrected chi connectivity index (χ0v) is 12.4. The van der Waals surface area contributed by atoms with Gasteiger partial charge in [0.25, 0.3) is 5.56 Å². The van der Waals surface area contributed by atoms with Crippen LogP contribution in [0, 0.1) is 0 Å². The van der Waals surface area contributed by atoms with Gasteiger partial charge in [-0.1, -0.05) is 0 Å². The fourth-order valence-electron chi connectivity index (χ4n) is 2.71. The Morgan fingerprint density at radius 2 is 2.14 bits per heavy atom. The van der Waals surface area contributed by atoms with Gasteiger partial charge in [-0.2, -0.15) is 0 Å². The van der Waals surface area contributed by atoms with E-state index < -0.39 is 11.5 Å². The number of halogens is 1. The second-order valence-corrected chi connectivity index (χ2v) is 4.86. The zero-order chi connectivity index (χ0) is 14.1. The number of carbonyl (C=O) groups is 1. The Balaban J connectivity index is 0.00000161. The van der Waals surface area contributed by atoms with Gasteiger partial charge in [-0.25, -0.2) is 14.3 Å². The molecule has 21 heavy (non-hydrogen) atoms. The molecule has 0 unspecified atom stereocenters. The highest BCUT2D eigenvalue weighted by Crippen LogP contribution is 2.25. The lowest BCUT2D eigenvalue weighted by molar-refractivity contribution is 0.0601. The molecule has 0 saturated carbocycles. The van der Waals surface area contributed by atoms with E-state index in [0.29, 0.717) is 11.6 Å². The molecule has 0 aromatic carbocycles. The summed E-state index contributed by atoms with van der Waals surface area (Å²) in [4.78, 5) is 27.8. The Hall–Kier alpha value is -1.86. The maximum Gasteiger partial charge on any atom is 0.347 e. The molecule has 3 heterocycles. The number of H-pyrrole nitrogens is 1. The number of methoxy groups -OCH3 is 1. The lowest BCUT2D eigenvalue weighted by Gasteiger charge is -2.23. The molecule has 0 spiro atoms. The van der Waals surface area contributed by atoms with Crippen molar-refractivity contribution in [3.8, 4) is 0 Å². The maximum atomic E-state index is 11.9. The average Bonchev–Trinajstić information content (AvgIpc) is 2.83. The highest BCUT2D eigenvalue weighted by molar-refractivity contribution is 5.95. The van der Waals surface area contributed by atoms with Crippen molar-refractivity contribution in [2.24, 2.45) is 0 Å². The lowest BCUT2D eigenvalue weighted by Crippen LogP contribution is -2.27. The maximum absolute atomic E-state index is 11.9. The Bertz CT molecular complexity index is 703. The number of aromatic amines is 1. The van der Waals surface area contributed by atoms with Crippen LogP contribution in [-0.2, 0) is 4.74 Å². The van der Waals surface area contributed by atoms with Crippen molar-refractivity contribution < 1.29 is 9.53 Å². The van der Waals surface area contributed by atoms with Gasteiger partial charge < -0.3 is 10.1 Å². The minimum Gasteiger partial charge on any atom is -0.465 e. The summed E-state index contributed by atoms with van der Waals surface area (Å²) in [6.45, 7) is 1.90. The molecule has 1 saturated heterocycles. The van der Waals surface area contributed by atoms with Crippen LogP contribution in [-0.4, -0.2) is 40.8 Å². The first-order valence-corrected chi connectivity index (χ1v) is 6.61. The first kappa shape index (κ1) is 15.5. The summed E-state index contributed by atoms with van der Waals surface area (Å²) in [6.07, 6.45) is 3.62. The molecule has 0 bridgehead atoms. The summed E-state index contributed by atoms with van der Waals surface area (Å²) in [5.41, 5.74) is 0.802. The average molecular weight is 313 g/mol. The van der Waals surface area contributed by atoms with Gasteiger partial charge >= 0.3 is 5.97 Å². The quantitative estimate of drug-likeness (QED) is 0.797. The van der Waals surface area contributed by atoms with Gasteiger partial charge in [0.2, 0.25) is 0 Å². The summed E-state index contributed by atoms with van der Waals surface area (Å²) < 4.78 is 6.26. The van der Waals surface area contributed by atoms with Gasteiger partial charge in [-0.3, -0.25) is 9.89 Å². The summed E-state index contributed by atoms with van der Waals surface area (Å²) in [5.74, 6) is -0.320. The number of nitrogens with one attached hydrogen (secondary N) is 2. The van der Waals surface area contributed by atoms with Gasteiger partial charge in [0.1, 0.15) is 0 Å². The fraction of sp³-hybridized carbons (Fsp3) is 0.462. The molecule has 0 radical (unpaired) electrons. The van der Waals surface area contributed by atoms with E-state index in [1.165, 1.54) is 7.11 Å². The summed E-state index contributed by atoms with van der Waals surface area (Å²) in [5, 5.41) is 5.99. The van der Waals surface area contributed by atoms with Crippen molar-refractivity contribution >= 4 is 24.0 Å². The third-order valence-electron chi connectivity index (χ3n) is 3.72. The van der Waals surface area contributed by atoms with Crippen molar-refractivity contribution in [2.75, 3.05) is 20.2 Å². The number of fused-ring (bicyclic) bond motifs is 1. The molecular formula is C13H17ClN4O3. The highest BCUT2D eigenvalue weighted by atomic mass is 35.5. The largest absolute Gasteiger partial charge is 0.465 e. The van der Waals surface area contributed by atoms with E-state index in [0.717, 1.165) is 31.6 Å². The number of aromatic nitrogens is 3. The minimum absolute atomic E-state index is 0. The number of carbonyl (C=O) groups excluding carboxylic acids is 1. The van der Waals surface area contributed by atoms with Crippen molar-refractivity contribution in [1.82, 2.24) is 19.9 Å². The summed E-state index contributed by atoms with van der Waals surface area (Å²) in [6, 6.07) is 1.89. The third-order valence-corrected chi connectivity index (χ3v) is 3.72. The second kappa shape index (κ2) is 6.28.